The van der Waals surface area contributed by atoms with Crippen molar-refractivity contribution in [3.8, 4) is 0 Å². The molecule has 0 aromatic heterocycles. The van der Waals surface area contributed by atoms with Gasteiger partial charge in [0.25, 0.3) is 5.69 Å². The van der Waals surface area contributed by atoms with Gasteiger partial charge >= 0.3 is 12.0 Å². The van der Waals surface area contributed by atoms with Crippen LogP contribution in [0, 0.1) is 10.1 Å². The van der Waals surface area contributed by atoms with Gasteiger partial charge in [-0.3, -0.25) is 10.1 Å². The van der Waals surface area contributed by atoms with Crippen molar-refractivity contribution in [3.63, 3.8) is 0 Å². The molecule has 1 saturated heterocycles. The first-order valence-corrected chi connectivity index (χ1v) is 6.11. The fourth-order valence-corrected chi connectivity index (χ4v) is 2.16. The number of carbonyl (C=O) groups is 2. The molecule has 112 valence electrons. The molecule has 0 bridgehead atoms. The molecule has 1 aromatic carbocycles. The average molecular weight is 295 g/mol. The van der Waals surface area contributed by atoms with Crippen molar-refractivity contribution >= 4 is 23.4 Å². The number of carboxylic acid groups (broad SMARTS) is 1. The lowest BCUT2D eigenvalue weighted by molar-refractivity contribution is -0.384. The van der Waals surface area contributed by atoms with Crippen LogP contribution < -0.4 is 5.32 Å². The predicted octanol–water partition coefficient (Wildman–Crippen LogP) is 0.646. The molecule has 0 spiro atoms. The average Bonchev–Trinajstić information content (AvgIpc) is 2.81. The minimum Gasteiger partial charge on any atom is -0.480 e. The van der Waals surface area contributed by atoms with Gasteiger partial charge in [0.15, 0.2) is 0 Å². The Labute approximate surface area is 118 Å². The number of likely N-dealkylation sites (tertiary alicyclic amines) is 1. The molecule has 21 heavy (non-hydrogen) atoms. The summed E-state index contributed by atoms with van der Waals surface area (Å²) < 4.78 is 0. The summed E-state index contributed by atoms with van der Waals surface area (Å²) in [7, 11) is 0. The highest BCUT2D eigenvalue weighted by molar-refractivity contribution is 5.93. The number of nitrogens with one attached hydrogen (secondary N) is 1. The number of carbonyl (C=O) groups excluding carboxylic acids is 1. The number of hydrogen-bond acceptors (Lipinski definition) is 5. The Kier molecular flexibility index (Phi) is 4.03. The van der Waals surface area contributed by atoms with E-state index >= 15 is 0 Å². The van der Waals surface area contributed by atoms with E-state index in [1.807, 2.05) is 0 Å². The minimum absolute atomic E-state index is 0.0440. The zero-order valence-electron chi connectivity index (χ0n) is 10.8. The van der Waals surface area contributed by atoms with Gasteiger partial charge in [-0.1, -0.05) is 6.07 Å². The molecule has 0 aliphatic carbocycles. The minimum atomic E-state index is -1.21. The van der Waals surface area contributed by atoms with Crippen molar-refractivity contribution < 1.29 is 24.7 Å². The predicted molar refractivity (Wildman–Crippen MR) is 70.9 cm³/mol. The second kappa shape index (κ2) is 5.75. The highest BCUT2D eigenvalue weighted by Crippen LogP contribution is 2.21. The number of aliphatic hydroxyl groups is 1. The number of anilines is 1. The molecule has 2 rings (SSSR count). The van der Waals surface area contributed by atoms with E-state index in [1.165, 1.54) is 24.3 Å². The number of hydrogen-bond donors (Lipinski definition) is 3. The van der Waals surface area contributed by atoms with Crippen molar-refractivity contribution in [2.24, 2.45) is 0 Å². The maximum absolute atomic E-state index is 12.0. The van der Waals surface area contributed by atoms with E-state index in [1.54, 1.807) is 0 Å². The Morgan fingerprint density at radius 2 is 2.14 bits per heavy atom. The lowest BCUT2D eigenvalue weighted by Crippen LogP contribution is -2.43. The summed E-state index contributed by atoms with van der Waals surface area (Å²) in [5.74, 6) is -1.21. The Bertz CT molecular complexity index is 590. The van der Waals surface area contributed by atoms with Gasteiger partial charge in [-0.2, -0.15) is 0 Å². The van der Waals surface area contributed by atoms with Crippen LogP contribution >= 0.6 is 0 Å². The molecule has 3 N–H and O–H groups in total. The molecule has 1 heterocycles. The number of benzene rings is 1. The number of nitro benzene ring substituents is 1. The molecule has 0 saturated carbocycles. The number of urea groups is 1. The number of β-amino-alcohol motifs (C(OH)–C–C–N with tert-alkyl or cyclic N) is 1. The topological polar surface area (TPSA) is 133 Å². The molecule has 0 radical (unpaired) electrons. The third-order valence-electron chi connectivity index (χ3n) is 3.13. The third kappa shape index (κ3) is 3.26. The van der Waals surface area contributed by atoms with E-state index in [9.17, 15) is 24.8 Å². The normalized spacial score (nSPS) is 21.1. The van der Waals surface area contributed by atoms with Crippen LogP contribution in [0.4, 0.5) is 16.2 Å². The molecule has 1 aliphatic rings. The summed E-state index contributed by atoms with van der Waals surface area (Å²) in [5, 5.41) is 31.5. The fourth-order valence-electron chi connectivity index (χ4n) is 2.16. The van der Waals surface area contributed by atoms with Crippen LogP contribution in [0.15, 0.2) is 24.3 Å². The summed E-state index contributed by atoms with van der Waals surface area (Å²) in [4.78, 5) is 34.1. The standard InChI is InChI=1S/C12H13N3O6/c16-9-5-10(11(17)18)14(6-9)12(19)13-7-2-1-3-8(4-7)15(20)21/h1-4,9-10,16H,5-6H2,(H,13,19)(H,17,18). The summed E-state index contributed by atoms with van der Waals surface area (Å²) in [6.45, 7) is -0.0995. The number of rotatable bonds is 3. The van der Waals surface area contributed by atoms with Gasteiger partial charge in [0.2, 0.25) is 0 Å². The number of aliphatic hydroxyl groups excluding tert-OH is 1. The van der Waals surface area contributed by atoms with Gasteiger partial charge in [-0.25, -0.2) is 9.59 Å². The molecule has 9 heteroatoms. The van der Waals surface area contributed by atoms with E-state index in [-0.39, 0.29) is 24.3 Å². The molecule has 1 aromatic rings. The first kappa shape index (κ1) is 14.7. The number of non-ortho nitro benzene ring substituents is 1. The van der Waals surface area contributed by atoms with Crippen molar-refractivity contribution in [1.82, 2.24) is 4.90 Å². The molecule has 2 unspecified atom stereocenters. The number of carboxylic acids is 1. The Balaban J connectivity index is 2.12. The number of amides is 2. The maximum atomic E-state index is 12.0. The third-order valence-corrected chi connectivity index (χ3v) is 3.13. The zero-order valence-corrected chi connectivity index (χ0v) is 10.8. The summed E-state index contributed by atoms with van der Waals surface area (Å²) in [5.41, 5.74) is -0.0104. The van der Waals surface area contributed by atoms with Crippen molar-refractivity contribution in [3.05, 3.63) is 34.4 Å². The lowest BCUT2D eigenvalue weighted by atomic mass is 10.2. The fraction of sp³-hybridized carbons (Fsp3) is 0.333. The number of nitrogens with zero attached hydrogens (tertiary/aromatic N) is 2. The first-order chi connectivity index (χ1) is 9.88. The largest absolute Gasteiger partial charge is 0.480 e. The van der Waals surface area contributed by atoms with E-state index in [4.69, 9.17) is 5.11 Å². The van der Waals surface area contributed by atoms with Crippen LogP contribution in [0.1, 0.15) is 6.42 Å². The van der Waals surface area contributed by atoms with Gasteiger partial charge in [-0.15, -0.1) is 0 Å². The van der Waals surface area contributed by atoms with Crippen molar-refractivity contribution in [2.75, 3.05) is 11.9 Å². The molecular weight excluding hydrogens is 282 g/mol. The van der Waals surface area contributed by atoms with E-state index < -0.39 is 29.1 Å². The van der Waals surface area contributed by atoms with E-state index in [0.717, 1.165) is 4.90 Å². The van der Waals surface area contributed by atoms with E-state index in [2.05, 4.69) is 5.32 Å². The Morgan fingerprint density at radius 3 is 2.76 bits per heavy atom. The van der Waals surface area contributed by atoms with Crippen molar-refractivity contribution in [2.45, 2.75) is 18.6 Å². The summed E-state index contributed by atoms with van der Waals surface area (Å²) in [6, 6.07) is 3.46. The zero-order chi connectivity index (χ0) is 15.6. The van der Waals surface area contributed by atoms with Gasteiger partial charge < -0.3 is 20.4 Å². The summed E-state index contributed by atoms with van der Waals surface area (Å²) in [6.07, 6.45) is -0.945. The van der Waals surface area contributed by atoms with Gasteiger partial charge in [0.05, 0.1) is 11.0 Å². The van der Waals surface area contributed by atoms with Crippen LogP contribution in [0.5, 0.6) is 0 Å². The molecule has 1 fully saturated rings. The lowest BCUT2D eigenvalue weighted by Gasteiger charge is -2.21. The summed E-state index contributed by atoms with van der Waals surface area (Å²) >= 11 is 0. The smallest absolute Gasteiger partial charge is 0.326 e. The first-order valence-electron chi connectivity index (χ1n) is 6.11. The van der Waals surface area contributed by atoms with Gasteiger partial charge in [0, 0.05) is 30.8 Å². The van der Waals surface area contributed by atoms with Crippen LogP contribution in [-0.4, -0.2) is 50.7 Å². The quantitative estimate of drug-likeness (QED) is 0.553. The highest BCUT2D eigenvalue weighted by Gasteiger charge is 2.39. The van der Waals surface area contributed by atoms with Crippen molar-refractivity contribution in [1.29, 1.82) is 0 Å². The number of nitro groups is 1. The Morgan fingerprint density at radius 1 is 1.43 bits per heavy atom. The van der Waals surface area contributed by atoms with Crippen LogP contribution in [0.2, 0.25) is 0 Å². The number of aliphatic carboxylic acids is 1. The van der Waals surface area contributed by atoms with Gasteiger partial charge in [0.1, 0.15) is 6.04 Å². The highest BCUT2D eigenvalue weighted by atomic mass is 16.6. The second-order valence-electron chi connectivity index (χ2n) is 4.63. The Hall–Kier alpha value is -2.68. The van der Waals surface area contributed by atoms with Crippen LogP contribution in [-0.2, 0) is 4.79 Å². The molecular formula is C12H13N3O6. The maximum Gasteiger partial charge on any atom is 0.326 e. The second-order valence-corrected chi connectivity index (χ2v) is 4.63. The molecule has 9 nitrogen and oxygen atoms in total. The van der Waals surface area contributed by atoms with E-state index in [0.29, 0.717) is 0 Å². The van der Waals surface area contributed by atoms with Crippen LogP contribution in [0.3, 0.4) is 0 Å². The SMILES string of the molecule is O=C(O)C1CC(O)CN1C(=O)Nc1cccc([N+](=O)[O-])c1. The molecule has 2 amide bonds. The molecule has 2 atom stereocenters. The van der Waals surface area contributed by atoms with Crippen LogP contribution in [0.25, 0.3) is 0 Å². The molecule has 1 aliphatic heterocycles. The van der Waals surface area contributed by atoms with Gasteiger partial charge in [-0.05, 0) is 6.07 Å². The monoisotopic (exact) mass is 295 g/mol.